The Morgan fingerprint density at radius 3 is 2.79 bits per heavy atom. The van der Waals surface area contributed by atoms with Crippen LogP contribution in [0.2, 0.25) is 0 Å². The molecule has 1 heterocycles. The van der Waals surface area contributed by atoms with Gasteiger partial charge in [0.15, 0.2) is 11.5 Å². The molecule has 0 aromatic heterocycles. The molecule has 1 aromatic rings. The molecule has 74 valence electrons. The van der Waals surface area contributed by atoms with Crippen molar-refractivity contribution in [3.8, 4) is 11.5 Å². The van der Waals surface area contributed by atoms with Crippen LogP contribution < -0.4 is 9.47 Å². The fourth-order valence-corrected chi connectivity index (χ4v) is 1.32. The molecule has 0 bridgehead atoms. The van der Waals surface area contributed by atoms with E-state index in [0.29, 0.717) is 17.1 Å². The number of hydrogen-bond donors (Lipinski definition) is 0. The molecule has 4 heteroatoms. The lowest BCUT2D eigenvalue weighted by molar-refractivity contribution is 0.0596. The maximum atomic E-state index is 11.2. The zero-order valence-corrected chi connectivity index (χ0v) is 7.94. The first-order valence-corrected chi connectivity index (χ1v) is 4.26. The van der Waals surface area contributed by atoms with Gasteiger partial charge in [0.1, 0.15) is 0 Å². The third-order valence-electron chi connectivity index (χ3n) is 1.95. The monoisotopic (exact) mass is 194 g/mol. The van der Waals surface area contributed by atoms with E-state index in [0.717, 1.165) is 0 Å². The highest BCUT2D eigenvalue weighted by atomic mass is 16.7. The van der Waals surface area contributed by atoms with Gasteiger partial charge in [-0.1, -0.05) is 0 Å². The predicted octanol–water partition coefficient (Wildman–Crippen LogP) is 1.59. The molecular weight excluding hydrogens is 184 g/mol. The molecule has 1 aromatic carbocycles. The van der Waals surface area contributed by atoms with E-state index in [-0.39, 0.29) is 12.3 Å². The first kappa shape index (κ1) is 8.87. The highest BCUT2D eigenvalue weighted by Crippen LogP contribution is 2.35. The molecule has 4 nitrogen and oxygen atoms in total. The Labute approximate surface area is 81.4 Å². The molecule has 0 saturated heterocycles. The van der Waals surface area contributed by atoms with Crippen LogP contribution in [0.15, 0.2) is 18.2 Å². The van der Waals surface area contributed by atoms with Crippen molar-refractivity contribution >= 4 is 5.97 Å². The van der Waals surface area contributed by atoms with Crippen LogP contribution in [0.1, 0.15) is 17.3 Å². The lowest BCUT2D eigenvalue weighted by atomic mass is 10.2. The topological polar surface area (TPSA) is 44.8 Å². The molecule has 2 rings (SSSR count). The predicted molar refractivity (Wildman–Crippen MR) is 48.5 cm³/mol. The van der Waals surface area contributed by atoms with Crippen LogP contribution in [0.3, 0.4) is 0 Å². The van der Waals surface area contributed by atoms with E-state index < -0.39 is 0 Å². The van der Waals surface area contributed by atoms with Gasteiger partial charge in [-0.15, -0.1) is 0 Å². The van der Waals surface area contributed by atoms with Gasteiger partial charge in [0, 0.05) is 6.92 Å². The summed E-state index contributed by atoms with van der Waals surface area (Å²) in [6, 6.07) is 4.96. The Kier molecular flexibility index (Phi) is 2.04. The van der Waals surface area contributed by atoms with Crippen molar-refractivity contribution in [1.29, 1.82) is 0 Å². The average molecular weight is 194 g/mol. The summed E-state index contributed by atoms with van der Waals surface area (Å²) >= 11 is 0. The van der Waals surface area contributed by atoms with Gasteiger partial charge in [-0.05, 0) is 18.2 Å². The second-order valence-electron chi connectivity index (χ2n) is 2.96. The lowest BCUT2D eigenvalue weighted by Crippen LogP contribution is -2.11. The van der Waals surface area contributed by atoms with Crippen LogP contribution in [0, 0.1) is 0 Å². The zero-order valence-electron chi connectivity index (χ0n) is 7.94. The van der Waals surface area contributed by atoms with E-state index >= 15 is 0 Å². The minimum Gasteiger partial charge on any atom is -0.465 e. The SMILES string of the molecule is COC(=O)c1ccc2c(c1)OC(C)O2. The summed E-state index contributed by atoms with van der Waals surface area (Å²) in [5.74, 6) is 0.863. The van der Waals surface area contributed by atoms with Crippen molar-refractivity contribution < 1.29 is 19.0 Å². The molecule has 14 heavy (non-hydrogen) atoms. The Balaban J connectivity index is 2.33. The molecule has 1 atom stereocenters. The molecule has 1 aliphatic heterocycles. The molecule has 0 N–H and O–H groups in total. The minimum absolute atomic E-state index is 0.294. The number of rotatable bonds is 1. The first-order valence-electron chi connectivity index (χ1n) is 4.26. The third kappa shape index (κ3) is 1.39. The maximum Gasteiger partial charge on any atom is 0.337 e. The second kappa shape index (κ2) is 3.21. The van der Waals surface area contributed by atoms with Crippen molar-refractivity contribution in [2.24, 2.45) is 0 Å². The average Bonchev–Trinajstić information content (AvgIpc) is 2.55. The summed E-state index contributed by atoms with van der Waals surface area (Å²) in [5, 5.41) is 0. The smallest absolute Gasteiger partial charge is 0.337 e. The van der Waals surface area contributed by atoms with E-state index in [4.69, 9.17) is 9.47 Å². The number of carbonyl (C=O) groups excluding carboxylic acids is 1. The van der Waals surface area contributed by atoms with Crippen LogP contribution in [-0.2, 0) is 4.74 Å². The Hall–Kier alpha value is -1.71. The number of fused-ring (bicyclic) bond motifs is 1. The molecule has 0 radical (unpaired) electrons. The Morgan fingerprint density at radius 2 is 2.07 bits per heavy atom. The van der Waals surface area contributed by atoms with Gasteiger partial charge in [-0.3, -0.25) is 0 Å². The maximum absolute atomic E-state index is 11.2. The van der Waals surface area contributed by atoms with Crippen molar-refractivity contribution in [2.75, 3.05) is 7.11 Å². The van der Waals surface area contributed by atoms with Crippen LogP contribution >= 0.6 is 0 Å². The van der Waals surface area contributed by atoms with E-state index in [2.05, 4.69) is 4.74 Å². The number of esters is 1. The van der Waals surface area contributed by atoms with E-state index in [1.165, 1.54) is 7.11 Å². The molecule has 0 saturated carbocycles. The summed E-state index contributed by atoms with van der Waals surface area (Å²) in [6.07, 6.45) is -0.294. The van der Waals surface area contributed by atoms with Gasteiger partial charge in [0.2, 0.25) is 6.29 Å². The van der Waals surface area contributed by atoms with Crippen LogP contribution in [0.4, 0.5) is 0 Å². The lowest BCUT2D eigenvalue weighted by Gasteiger charge is -2.00. The molecule has 0 spiro atoms. The fraction of sp³-hybridized carbons (Fsp3) is 0.300. The number of benzene rings is 1. The molecule has 0 aliphatic carbocycles. The standard InChI is InChI=1S/C10H10O4/c1-6-13-8-4-3-7(10(11)12-2)5-9(8)14-6/h3-6H,1-2H3. The molecule has 0 fully saturated rings. The molecule has 1 unspecified atom stereocenters. The largest absolute Gasteiger partial charge is 0.465 e. The van der Waals surface area contributed by atoms with Gasteiger partial charge >= 0.3 is 5.97 Å². The van der Waals surface area contributed by atoms with Gasteiger partial charge < -0.3 is 14.2 Å². The summed E-state index contributed by atoms with van der Waals surface area (Å²) in [6.45, 7) is 1.79. The molecular formula is C10H10O4. The van der Waals surface area contributed by atoms with Crippen LogP contribution in [-0.4, -0.2) is 19.4 Å². The van der Waals surface area contributed by atoms with E-state index in [1.54, 1.807) is 25.1 Å². The van der Waals surface area contributed by atoms with Crippen LogP contribution in [0.5, 0.6) is 11.5 Å². The third-order valence-corrected chi connectivity index (χ3v) is 1.95. The van der Waals surface area contributed by atoms with E-state index in [1.807, 2.05) is 0 Å². The fourth-order valence-electron chi connectivity index (χ4n) is 1.32. The zero-order chi connectivity index (χ0) is 10.1. The number of methoxy groups -OCH3 is 1. The number of carbonyl (C=O) groups is 1. The van der Waals surface area contributed by atoms with E-state index in [9.17, 15) is 4.79 Å². The number of ether oxygens (including phenoxy) is 3. The quantitative estimate of drug-likeness (QED) is 0.637. The highest BCUT2D eigenvalue weighted by molar-refractivity contribution is 5.90. The second-order valence-corrected chi connectivity index (χ2v) is 2.96. The summed E-state index contributed by atoms with van der Waals surface area (Å²) in [4.78, 5) is 11.2. The van der Waals surface area contributed by atoms with Gasteiger partial charge in [0.05, 0.1) is 12.7 Å². The molecule has 0 amide bonds. The number of hydrogen-bond acceptors (Lipinski definition) is 4. The van der Waals surface area contributed by atoms with Crippen molar-refractivity contribution in [3.05, 3.63) is 23.8 Å². The van der Waals surface area contributed by atoms with Crippen LogP contribution in [0.25, 0.3) is 0 Å². The van der Waals surface area contributed by atoms with Gasteiger partial charge in [0.25, 0.3) is 0 Å². The summed E-state index contributed by atoms with van der Waals surface area (Å²) < 4.78 is 15.2. The summed E-state index contributed by atoms with van der Waals surface area (Å²) in [5.41, 5.74) is 0.462. The van der Waals surface area contributed by atoms with Gasteiger partial charge in [-0.2, -0.15) is 0 Å². The highest BCUT2D eigenvalue weighted by Gasteiger charge is 2.21. The van der Waals surface area contributed by atoms with Crippen molar-refractivity contribution in [1.82, 2.24) is 0 Å². The Bertz CT molecular complexity index is 372. The molecule has 1 aliphatic rings. The van der Waals surface area contributed by atoms with Gasteiger partial charge in [-0.25, -0.2) is 4.79 Å². The summed E-state index contributed by atoms with van der Waals surface area (Å²) in [7, 11) is 1.34. The Morgan fingerprint density at radius 1 is 1.36 bits per heavy atom. The first-order chi connectivity index (χ1) is 6.70. The van der Waals surface area contributed by atoms with Crippen molar-refractivity contribution in [3.63, 3.8) is 0 Å². The normalized spacial score (nSPS) is 18.0. The van der Waals surface area contributed by atoms with Crippen molar-refractivity contribution in [2.45, 2.75) is 13.2 Å². The minimum atomic E-state index is -0.379.